The highest BCUT2D eigenvalue weighted by atomic mass is 16.5. The second-order valence-electron chi connectivity index (χ2n) is 4.32. The van der Waals surface area contributed by atoms with Crippen LogP contribution in [0, 0.1) is 0 Å². The summed E-state index contributed by atoms with van der Waals surface area (Å²) in [5.74, 6) is 0.418. The van der Waals surface area contributed by atoms with Crippen LogP contribution in [0.3, 0.4) is 0 Å². The molecule has 1 aromatic heterocycles. The molecule has 0 saturated heterocycles. The minimum Gasteiger partial charge on any atom is -0.494 e. The quantitative estimate of drug-likeness (QED) is 0.598. The maximum absolute atomic E-state index is 11.3. The highest BCUT2D eigenvalue weighted by Crippen LogP contribution is 2.13. The molecule has 0 aliphatic heterocycles. The standard InChI is InChI=1S/C16H17NO3/c1-19-16(18)14-4-6-15(7-5-14)20-12-2-3-13-8-10-17-11-9-13/h4-11H,2-3,12H2,1H3. The van der Waals surface area contributed by atoms with Crippen LogP contribution in [0.4, 0.5) is 0 Å². The third-order valence-electron chi connectivity index (χ3n) is 2.90. The minimum atomic E-state index is -0.339. The van der Waals surface area contributed by atoms with E-state index in [0.29, 0.717) is 12.2 Å². The average Bonchev–Trinajstić information content (AvgIpc) is 2.52. The minimum absolute atomic E-state index is 0.339. The molecule has 0 aliphatic carbocycles. The van der Waals surface area contributed by atoms with Gasteiger partial charge in [-0.25, -0.2) is 4.79 Å². The van der Waals surface area contributed by atoms with Crippen LogP contribution in [0.5, 0.6) is 5.75 Å². The van der Waals surface area contributed by atoms with Crippen LogP contribution in [-0.4, -0.2) is 24.7 Å². The van der Waals surface area contributed by atoms with Gasteiger partial charge in [-0.2, -0.15) is 0 Å². The van der Waals surface area contributed by atoms with E-state index < -0.39 is 0 Å². The Hall–Kier alpha value is -2.36. The van der Waals surface area contributed by atoms with Gasteiger partial charge in [0, 0.05) is 12.4 Å². The Morgan fingerprint density at radius 3 is 2.45 bits per heavy atom. The summed E-state index contributed by atoms with van der Waals surface area (Å²) in [6.07, 6.45) is 5.48. The Morgan fingerprint density at radius 1 is 1.10 bits per heavy atom. The molecule has 0 radical (unpaired) electrons. The molecule has 0 N–H and O–H groups in total. The molecule has 0 fully saturated rings. The third kappa shape index (κ3) is 4.09. The van der Waals surface area contributed by atoms with Gasteiger partial charge in [-0.3, -0.25) is 4.98 Å². The highest BCUT2D eigenvalue weighted by molar-refractivity contribution is 5.89. The Bertz CT molecular complexity index is 537. The van der Waals surface area contributed by atoms with Gasteiger partial charge >= 0.3 is 5.97 Å². The zero-order chi connectivity index (χ0) is 14.2. The van der Waals surface area contributed by atoms with Crippen LogP contribution in [0.25, 0.3) is 0 Å². The number of hydrogen-bond donors (Lipinski definition) is 0. The summed E-state index contributed by atoms with van der Waals surface area (Å²) in [4.78, 5) is 15.3. The predicted octanol–water partition coefficient (Wildman–Crippen LogP) is 2.88. The molecule has 0 unspecified atom stereocenters. The second-order valence-corrected chi connectivity index (χ2v) is 4.32. The number of benzene rings is 1. The van der Waals surface area contributed by atoms with E-state index in [4.69, 9.17) is 4.74 Å². The van der Waals surface area contributed by atoms with Gasteiger partial charge in [0.1, 0.15) is 5.75 Å². The smallest absolute Gasteiger partial charge is 0.337 e. The number of nitrogens with zero attached hydrogens (tertiary/aromatic N) is 1. The van der Waals surface area contributed by atoms with Crippen LogP contribution in [-0.2, 0) is 11.2 Å². The Labute approximate surface area is 118 Å². The molecule has 0 atom stereocenters. The number of methoxy groups -OCH3 is 1. The fourth-order valence-corrected chi connectivity index (χ4v) is 1.82. The van der Waals surface area contributed by atoms with E-state index in [1.54, 1.807) is 36.7 Å². The Morgan fingerprint density at radius 2 is 1.80 bits per heavy atom. The molecule has 0 bridgehead atoms. The summed E-state index contributed by atoms with van der Waals surface area (Å²) in [7, 11) is 1.37. The zero-order valence-corrected chi connectivity index (χ0v) is 11.4. The van der Waals surface area contributed by atoms with Gasteiger partial charge in [0.2, 0.25) is 0 Å². The summed E-state index contributed by atoms with van der Waals surface area (Å²) >= 11 is 0. The van der Waals surface area contributed by atoms with Crippen molar-refractivity contribution in [2.75, 3.05) is 13.7 Å². The molecule has 4 nitrogen and oxygen atoms in total. The SMILES string of the molecule is COC(=O)c1ccc(OCCCc2ccncc2)cc1. The maximum Gasteiger partial charge on any atom is 0.337 e. The lowest BCUT2D eigenvalue weighted by molar-refractivity contribution is 0.0600. The van der Waals surface area contributed by atoms with Gasteiger partial charge in [-0.1, -0.05) is 0 Å². The molecule has 0 amide bonds. The molecule has 1 aromatic carbocycles. The fourth-order valence-electron chi connectivity index (χ4n) is 1.82. The van der Waals surface area contributed by atoms with Crippen molar-refractivity contribution in [1.82, 2.24) is 4.98 Å². The topological polar surface area (TPSA) is 48.4 Å². The first-order valence-corrected chi connectivity index (χ1v) is 6.49. The molecular weight excluding hydrogens is 254 g/mol. The first-order valence-electron chi connectivity index (χ1n) is 6.49. The van der Waals surface area contributed by atoms with E-state index in [9.17, 15) is 4.79 Å². The Kier molecular flexibility index (Phi) is 5.12. The number of esters is 1. The Balaban J connectivity index is 1.75. The van der Waals surface area contributed by atoms with Crippen molar-refractivity contribution in [3.05, 3.63) is 59.9 Å². The number of pyridine rings is 1. The summed E-state index contributed by atoms with van der Waals surface area (Å²) < 4.78 is 10.3. The summed E-state index contributed by atoms with van der Waals surface area (Å²) in [6, 6.07) is 11.0. The van der Waals surface area contributed by atoms with E-state index in [0.717, 1.165) is 18.6 Å². The van der Waals surface area contributed by atoms with Crippen LogP contribution in [0.2, 0.25) is 0 Å². The molecule has 2 rings (SSSR count). The third-order valence-corrected chi connectivity index (χ3v) is 2.90. The van der Waals surface area contributed by atoms with Gasteiger partial charge in [-0.15, -0.1) is 0 Å². The molecule has 0 spiro atoms. The molecule has 0 saturated carbocycles. The van der Waals surface area contributed by atoms with E-state index in [1.165, 1.54) is 12.7 Å². The largest absolute Gasteiger partial charge is 0.494 e. The van der Waals surface area contributed by atoms with Gasteiger partial charge < -0.3 is 9.47 Å². The first kappa shape index (κ1) is 14.1. The molecule has 104 valence electrons. The lowest BCUT2D eigenvalue weighted by Crippen LogP contribution is -2.02. The van der Waals surface area contributed by atoms with E-state index in [2.05, 4.69) is 9.72 Å². The van der Waals surface area contributed by atoms with Crippen LogP contribution in [0.1, 0.15) is 22.3 Å². The second kappa shape index (κ2) is 7.28. The van der Waals surface area contributed by atoms with Crippen molar-refractivity contribution in [3.63, 3.8) is 0 Å². The van der Waals surface area contributed by atoms with Gasteiger partial charge in [0.25, 0.3) is 0 Å². The van der Waals surface area contributed by atoms with Crippen molar-refractivity contribution >= 4 is 5.97 Å². The van der Waals surface area contributed by atoms with E-state index in [-0.39, 0.29) is 5.97 Å². The average molecular weight is 271 g/mol. The van der Waals surface area contributed by atoms with Crippen LogP contribution < -0.4 is 4.74 Å². The van der Waals surface area contributed by atoms with Crippen molar-refractivity contribution in [3.8, 4) is 5.75 Å². The highest BCUT2D eigenvalue weighted by Gasteiger charge is 2.04. The maximum atomic E-state index is 11.3. The molecule has 4 heteroatoms. The number of aromatic nitrogens is 1. The monoisotopic (exact) mass is 271 g/mol. The lowest BCUT2D eigenvalue weighted by Gasteiger charge is -2.07. The number of hydrogen-bond acceptors (Lipinski definition) is 4. The normalized spacial score (nSPS) is 10.1. The van der Waals surface area contributed by atoms with Crippen LogP contribution >= 0.6 is 0 Å². The summed E-state index contributed by atoms with van der Waals surface area (Å²) in [6.45, 7) is 0.639. The number of carbonyl (C=O) groups is 1. The number of rotatable bonds is 6. The molecule has 1 heterocycles. The van der Waals surface area contributed by atoms with Crippen molar-refractivity contribution < 1.29 is 14.3 Å². The number of carbonyl (C=O) groups excluding carboxylic acids is 1. The van der Waals surface area contributed by atoms with Crippen LogP contribution in [0.15, 0.2) is 48.8 Å². The number of ether oxygens (including phenoxy) is 2. The van der Waals surface area contributed by atoms with E-state index in [1.807, 2.05) is 12.1 Å². The zero-order valence-electron chi connectivity index (χ0n) is 11.4. The van der Waals surface area contributed by atoms with Crippen molar-refractivity contribution in [1.29, 1.82) is 0 Å². The molecule has 0 aliphatic rings. The summed E-state index contributed by atoms with van der Waals surface area (Å²) in [5.41, 5.74) is 1.78. The van der Waals surface area contributed by atoms with Gasteiger partial charge in [0.15, 0.2) is 0 Å². The van der Waals surface area contributed by atoms with E-state index >= 15 is 0 Å². The summed E-state index contributed by atoms with van der Waals surface area (Å²) in [5, 5.41) is 0. The van der Waals surface area contributed by atoms with Gasteiger partial charge in [-0.05, 0) is 54.8 Å². The molecule has 20 heavy (non-hydrogen) atoms. The van der Waals surface area contributed by atoms with Crippen molar-refractivity contribution in [2.45, 2.75) is 12.8 Å². The fraction of sp³-hybridized carbons (Fsp3) is 0.250. The number of aryl methyl sites for hydroxylation is 1. The molecular formula is C16H17NO3. The lowest BCUT2D eigenvalue weighted by atomic mass is 10.1. The van der Waals surface area contributed by atoms with Gasteiger partial charge in [0.05, 0.1) is 19.3 Å². The first-order chi connectivity index (χ1) is 9.79. The predicted molar refractivity (Wildman–Crippen MR) is 75.8 cm³/mol. The molecule has 2 aromatic rings. The van der Waals surface area contributed by atoms with Crippen molar-refractivity contribution in [2.24, 2.45) is 0 Å².